The Bertz CT molecular complexity index is 478. The molecule has 6 nitrogen and oxygen atoms in total. The smallest absolute Gasteiger partial charge is 0.323 e. The Balaban J connectivity index is 2.55. The van der Waals surface area contributed by atoms with Crippen LogP contribution in [0.5, 0.6) is 5.75 Å². The van der Waals surface area contributed by atoms with E-state index >= 15 is 0 Å². The van der Waals surface area contributed by atoms with Gasteiger partial charge in [0.05, 0.1) is 6.04 Å². The zero-order valence-electron chi connectivity index (χ0n) is 11.8. The molecule has 0 aromatic heterocycles. The maximum absolute atomic E-state index is 12.0. The van der Waals surface area contributed by atoms with E-state index in [1.807, 2.05) is 0 Å². The Morgan fingerprint density at radius 1 is 1.38 bits per heavy atom. The SMILES string of the molecule is CN(CC(=O)O)C(=O)[C@@H](N)Cc1ccc(OCCF)cc1. The molecule has 1 aromatic carbocycles. The summed E-state index contributed by atoms with van der Waals surface area (Å²) in [7, 11) is 1.39. The quantitative estimate of drug-likeness (QED) is 0.727. The van der Waals surface area contributed by atoms with Gasteiger partial charge in [-0.2, -0.15) is 0 Å². The number of nitrogens with zero attached hydrogens (tertiary/aromatic N) is 1. The van der Waals surface area contributed by atoms with E-state index in [2.05, 4.69) is 0 Å². The second-order valence-electron chi connectivity index (χ2n) is 4.58. The van der Waals surface area contributed by atoms with E-state index in [1.54, 1.807) is 24.3 Å². The number of nitrogens with two attached hydrogens (primary N) is 1. The van der Waals surface area contributed by atoms with Gasteiger partial charge in [0.25, 0.3) is 0 Å². The molecular formula is C14H19FN2O4. The van der Waals surface area contributed by atoms with E-state index in [4.69, 9.17) is 15.6 Å². The van der Waals surface area contributed by atoms with Gasteiger partial charge in [0.2, 0.25) is 5.91 Å². The van der Waals surface area contributed by atoms with Gasteiger partial charge >= 0.3 is 5.97 Å². The lowest BCUT2D eigenvalue weighted by Gasteiger charge is -2.19. The largest absolute Gasteiger partial charge is 0.491 e. The van der Waals surface area contributed by atoms with Crippen LogP contribution >= 0.6 is 0 Å². The number of amides is 1. The second-order valence-corrected chi connectivity index (χ2v) is 4.58. The molecule has 0 spiro atoms. The van der Waals surface area contributed by atoms with Gasteiger partial charge in [-0.25, -0.2) is 4.39 Å². The Hall–Kier alpha value is -2.15. The number of carbonyl (C=O) groups is 2. The fourth-order valence-electron chi connectivity index (χ4n) is 1.78. The number of aliphatic carboxylic acids is 1. The summed E-state index contributed by atoms with van der Waals surface area (Å²) in [6.07, 6.45) is 0.284. The number of carboxylic acids is 1. The van der Waals surface area contributed by atoms with Crippen molar-refractivity contribution in [2.45, 2.75) is 12.5 Å². The van der Waals surface area contributed by atoms with Crippen LogP contribution < -0.4 is 10.5 Å². The highest BCUT2D eigenvalue weighted by molar-refractivity contribution is 5.85. The fourth-order valence-corrected chi connectivity index (χ4v) is 1.78. The Kier molecular flexibility index (Phi) is 6.61. The maximum Gasteiger partial charge on any atom is 0.323 e. The lowest BCUT2D eigenvalue weighted by molar-refractivity contribution is -0.143. The highest BCUT2D eigenvalue weighted by atomic mass is 19.1. The standard InChI is InChI=1S/C14H19FN2O4/c1-17(9-13(18)19)14(20)12(16)8-10-2-4-11(5-3-10)21-7-6-15/h2-5,12H,6-9,16H2,1H3,(H,18,19)/t12-/m0/s1. The van der Waals surface area contributed by atoms with Crippen LogP contribution in [0.25, 0.3) is 0 Å². The van der Waals surface area contributed by atoms with Crippen molar-refractivity contribution in [3.8, 4) is 5.75 Å². The van der Waals surface area contributed by atoms with Crippen molar-refractivity contribution in [1.82, 2.24) is 4.90 Å². The minimum Gasteiger partial charge on any atom is -0.491 e. The van der Waals surface area contributed by atoms with Crippen LogP contribution in [0.2, 0.25) is 0 Å². The minimum absolute atomic E-state index is 0.00265. The van der Waals surface area contributed by atoms with E-state index in [1.165, 1.54) is 7.05 Å². The van der Waals surface area contributed by atoms with Crippen LogP contribution in [-0.2, 0) is 16.0 Å². The van der Waals surface area contributed by atoms with Crippen LogP contribution in [-0.4, -0.2) is 54.8 Å². The molecule has 1 rings (SSSR count). The van der Waals surface area contributed by atoms with E-state index in [0.29, 0.717) is 5.75 Å². The summed E-state index contributed by atoms with van der Waals surface area (Å²) in [5.41, 5.74) is 6.59. The van der Waals surface area contributed by atoms with Crippen molar-refractivity contribution < 1.29 is 23.8 Å². The third-order valence-corrected chi connectivity index (χ3v) is 2.79. The molecule has 0 aliphatic heterocycles. The number of hydrogen-bond acceptors (Lipinski definition) is 4. The van der Waals surface area contributed by atoms with E-state index in [0.717, 1.165) is 10.5 Å². The normalized spacial score (nSPS) is 11.8. The number of hydrogen-bond donors (Lipinski definition) is 2. The van der Waals surface area contributed by atoms with Gasteiger partial charge in [0, 0.05) is 7.05 Å². The number of likely N-dealkylation sites (N-methyl/N-ethyl adjacent to an activating group) is 1. The van der Waals surface area contributed by atoms with Crippen LogP contribution in [0.15, 0.2) is 24.3 Å². The lowest BCUT2D eigenvalue weighted by atomic mass is 10.1. The van der Waals surface area contributed by atoms with Gasteiger partial charge in [-0.3, -0.25) is 9.59 Å². The van der Waals surface area contributed by atoms with E-state index in [-0.39, 0.29) is 19.6 Å². The first-order chi connectivity index (χ1) is 9.93. The summed E-state index contributed by atoms with van der Waals surface area (Å²) in [6, 6.07) is 5.99. The molecule has 0 bridgehead atoms. The number of alkyl halides is 1. The molecule has 0 saturated heterocycles. The first kappa shape index (κ1) is 16.9. The first-order valence-corrected chi connectivity index (χ1v) is 6.44. The molecule has 0 fully saturated rings. The molecule has 1 aromatic rings. The molecule has 1 atom stereocenters. The lowest BCUT2D eigenvalue weighted by Crippen LogP contribution is -2.44. The van der Waals surface area contributed by atoms with Gasteiger partial charge in [0.1, 0.15) is 25.6 Å². The Labute approximate surface area is 122 Å². The predicted octanol–water partition coefficient (Wildman–Crippen LogP) is 0.448. The van der Waals surface area contributed by atoms with Crippen LogP contribution in [0, 0.1) is 0 Å². The molecule has 0 radical (unpaired) electrons. The fraction of sp³-hybridized carbons (Fsp3) is 0.429. The topological polar surface area (TPSA) is 92.9 Å². The molecule has 0 aliphatic carbocycles. The van der Waals surface area contributed by atoms with E-state index in [9.17, 15) is 14.0 Å². The average molecular weight is 298 g/mol. The van der Waals surface area contributed by atoms with Crippen molar-refractivity contribution in [2.24, 2.45) is 5.73 Å². The number of carboxylic acid groups (broad SMARTS) is 1. The molecule has 0 aliphatic rings. The maximum atomic E-state index is 12.0. The number of rotatable bonds is 8. The summed E-state index contributed by atoms with van der Waals surface area (Å²) in [4.78, 5) is 23.5. The molecule has 116 valence electrons. The second kappa shape index (κ2) is 8.21. The third-order valence-electron chi connectivity index (χ3n) is 2.79. The summed E-state index contributed by atoms with van der Waals surface area (Å²) < 4.78 is 17.1. The summed E-state index contributed by atoms with van der Waals surface area (Å²) in [5, 5.41) is 8.63. The molecule has 0 unspecified atom stereocenters. The number of carbonyl (C=O) groups excluding carboxylic acids is 1. The molecular weight excluding hydrogens is 279 g/mol. The number of benzene rings is 1. The molecule has 0 heterocycles. The first-order valence-electron chi connectivity index (χ1n) is 6.44. The Morgan fingerprint density at radius 3 is 2.52 bits per heavy atom. The van der Waals surface area contributed by atoms with Gasteiger partial charge in [-0.15, -0.1) is 0 Å². The molecule has 0 saturated carbocycles. The van der Waals surface area contributed by atoms with Crippen molar-refractivity contribution in [2.75, 3.05) is 26.9 Å². The Morgan fingerprint density at radius 2 is 2.00 bits per heavy atom. The number of halogens is 1. The average Bonchev–Trinajstić information content (AvgIpc) is 2.45. The molecule has 3 N–H and O–H groups in total. The van der Waals surface area contributed by atoms with Crippen LogP contribution in [0.3, 0.4) is 0 Å². The minimum atomic E-state index is -1.09. The highest BCUT2D eigenvalue weighted by Crippen LogP contribution is 2.13. The highest BCUT2D eigenvalue weighted by Gasteiger charge is 2.20. The van der Waals surface area contributed by atoms with Gasteiger partial charge in [-0.1, -0.05) is 12.1 Å². The van der Waals surface area contributed by atoms with Crippen molar-refractivity contribution in [3.63, 3.8) is 0 Å². The number of ether oxygens (including phenoxy) is 1. The molecule has 1 amide bonds. The van der Waals surface area contributed by atoms with E-state index < -0.39 is 24.6 Å². The van der Waals surface area contributed by atoms with Gasteiger partial charge in [-0.05, 0) is 24.1 Å². The zero-order valence-corrected chi connectivity index (χ0v) is 11.8. The summed E-state index contributed by atoms with van der Waals surface area (Å²) in [6.45, 7) is -0.948. The van der Waals surface area contributed by atoms with Gasteiger partial charge in [0.15, 0.2) is 0 Å². The van der Waals surface area contributed by atoms with Crippen LogP contribution in [0.4, 0.5) is 4.39 Å². The molecule has 21 heavy (non-hydrogen) atoms. The zero-order chi connectivity index (χ0) is 15.8. The molecule has 7 heteroatoms. The monoisotopic (exact) mass is 298 g/mol. The summed E-state index contributed by atoms with van der Waals surface area (Å²) in [5.74, 6) is -0.984. The predicted molar refractivity (Wildman–Crippen MR) is 74.9 cm³/mol. The third kappa shape index (κ3) is 5.78. The van der Waals surface area contributed by atoms with Crippen LogP contribution in [0.1, 0.15) is 5.56 Å². The summed E-state index contributed by atoms with van der Waals surface area (Å²) >= 11 is 0. The van der Waals surface area contributed by atoms with Crippen molar-refractivity contribution >= 4 is 11.9 Å². The van der Waals surface area contributed by atoms with Crippen molar-refractivity contribution in [3.05, 3.63) is 29.8 Å². The van der Waals surface area contributed by atoms with Crippen molar-refractivity contribution in [1.29, 1.82) is 0 Å². The van der Waals surface area contributed by atoms with Gasteiger partial charge < -0.3 is 20.5 Å².